The van der Waals surface area contributed by atoms with Crippen LogP contribution >= 0.6 is 0 Å². The van der Waals surface area contributed by atoms with Gasteiger partial charge >= 0.3 is 0 Å². The Bertz CT molecular complexity index is 268. The summed E-state index contributed by atoms with van der Waals surface area (Å²) in [5, 5.41) is 3.20. The van der Waals surface area contributed by atoms with Crippen LogP contribution in [0, 0.1) is 6.92 Å². The predicted molar refractivity (Wildman–Crippen MR) is 63.0 cm³/mol. The first-order valence-electron chi connectivity index (χ1n) is 5.36. The molecule has 1 N–H and O–H groups in total. The Morgan fingerprint density at radius 3 is 2.47 bits per heavy atom. The molecule has 4 nitrogen and oxygen atoms in total. The van der Waals surface area contributed by atoms with Crippen LogP contribution in [0.25, 0.3) is 0 Å². The summed E-state index contributed by atoms with van der Waals surface area (Å²) in [6.07, 6.45) is 6.01. The second-order valence-corrected chi connectivity index (χ2v) is 4.02. The molecular weight excluding hydrogens is 188 g/mol. The van der Waals surface area contributed by atoms with E-state index >= 15 is 0 Å². The predicted octanol–water partition coefficient (Wildman–Crippen LogP) is 1.54. The van der Waals surface area contributed by atoms with Crippen molar-refractivity contribution in [3.8, 4) is 0 Å². The van der Waals surface area contributed by atoms with E-state index in [9.17, 15) is 0 Å². The summed E-state index contributed by atoms with van der Waals surface area (Å²) in [5.74, 6) is 0.727. The number of rotatable bonds is 6. The van der Waals surface area contributed by atoms with Crippen LogP contribution in [-0.2, 0) is 0 Å². The van der Waals surface area contributed by atoms with Crippen molar-refractivity contribution in [1.82, 2.24) is 14.9 Å². The van der Waals surface area contributed by atoms with Crippen molar-refractivity contribution in [2.75, 3.05) is 32.5 Å². The number of aromatic nitrogens is 2. The summed E-state index contributed by atoms with van der Waals surface area (Å²) >= 11 is 0. The van der Waals surface area contributed by atoms with Gasteiger partial charge in [0.25, 0.3) is 0 Å². The van der Waals surface area contributed by atoms with Crippen LogP contribution in [0.4, 0.5) is 5.95 Å². The Hall–Kier alpha value is -1.16. The van der Waals surface area contributed by atoms with Crippen molar-refractivity contribution in [3.63, 3.8) is 0 Å². The van der Waals surface area contributed by atoms with Gasteiger partial charge in [-0.15, -0.1) is 0 Å². The fraction of sp³-hybridized carbons (Fsp3) is 0.636. The van der Waals surface area contributed by atoms with Crippen LogP contribution in [0.15, 0.2) is 12.4 Å². The van der Waals surface area contributed by atoms with E-state index in [0.717, 1.165) is 31.0 Å². The molecule has 1 rings (SSSR count). The standard InChI is InChI=1S/C11H20N4/c1-10-8-13-11(14-9-10)12-6-4-5-7-15(2)3/h8-9H,4-7H2,1-3H3,(H,12,13,14). The summed E-state index contributed by atoms with van der Waals surface area (Å²) in [4.78, 5) is 10.6. The maximum atomic E-state index is 4.18. The van der Waals surface area contributed by atoms with Crippen LogP contribution in [0.2, 0.25) is 0 Å². The van der Waals surface area contributed by atoms with E-state index in [1.807, 2.05) is 19.3 Å². The van der Waals surface area contributed by atoms with Gasteiger partial charge in [-0.25, -0.2) is 9.97 Å². The monoisotopic (exact) mass is 208 g/mol. The van der Waals surface area contributed by atoms with Crippen LogP contribution in [0.3, 0.4) is 0 Å². The van der Waals surface area contributed by atoms with Crippen LogP contribution in [-0.4, -0.2) is 42.1 Å². The molecule has 0 unspecified atom stereocenters. The molecule has 4 heteroatoms. The molecule has 0 saturated heterocycles. The van der Waals surface area contributed by atoms with Crippen molar-refractivity contribution >= 4 is 5.95 Å². The number of hydrogen-bond donors (Lipinski definition) is 1. The summed E-state index contributed by atoms with van der Waals surface area (Å²) in [6.45, 7) is 4.06. The number of aryl methyl sites for hydroxylation is 1. The van der Waals surface area contributed by atoms with Crippen molar-refractivity contribution in [2.24, 2.45) is 0 Å². The van der Waals surface area contributed by atoms with Gasteiger partial charge in [0.1, 0.15) is 0 Å². The molecule has 0 amide bonds. The Kier molecular flexibility index (Phi) is 5.04. The summed E-state index contributed by atoms with van der Waals surface area (Å²) < 4.78 is 0. The van der Waals surface area contributed by atoms with E-state index in [1.54, 1.807) is 0 Å². The SMILES string of the molecule is Cc1cnc(NCCCCN(C)C)nc1. The molecule has 15 heavy (non-hydrogen) atoms. The zero-order valence-corrected chi connectivity index (χ0v) is 9.82. The second kappa shape index (κ2) is 6.35. The number of nitrogens with one attached hydrogen (secondary N) is 1. The van der Waals surface area contributed by atoms with Gasteiger partial charge in [-0.2, -0.15) is 0 Å². The van der Waals surface area contributed by atoms with Crippen molar-refractivity contribution < 1.29 is 0 Å². The van der Waals surface area contributed by atoms with E-state index in [4.69, 9.17) is 0 Å². The molecule has 0 radical (unpaired) electrons. The van der Waals surface area contributed by atoms with E-state index < -0.39 is 0 Å². The van der Waals surface area contributed by atoms with Gasteiger partial charge in [0.15, 0.2) is 0 Å². The van der Waals surface area contributed by atoms with E-state index in [1.165, 1.54) is 6.42 Å². The van der Waals surface area contributed by atoms with E-state index in [-0.39, 0.29) is 0 Å². The zero-order chi connectivity index (χ0) is 11.1. The Morgan fingerprint density at radius 1 is 1.20 bits per heavy atom. The lowest BCUT2D eigenvalue weighted by atomic mass is 10.3. The molecule has 0 fully saturated rings. The minimum atomic E-state index is 0.727. The van der Waals surface area contributed by atoms with E-state index in [0.29, 0.717) is 0 Å². The molecule has 0 saturated carbocycles. The molecule has 0 aromatic carbocycles. The first kappa shape index (κ1) is 11.9. The third-order valence-electron chi connectivity index (χ3n) is 2.10. The summed E-state index contributed by atoms with van der Waals surface area (Å²) in [5.41, 5.74) is 1.09. The lowest BCUT2D eigenvalue weighted by Crippen LogP contribution is -2.14. The molecule has 0 spiro atoms. The Labute approximate surface area is 91.7 Å². The van der Waals surface area contributed by atoms with Gasteiger partial charge in [-0.3, -0.25) is 0 Å². The van der Waals surface area contributed by atoms with Gasteiger partial charge in [-0.1, -0.05) is 0 Å². The van der Waals surface area contributed by atoms with Crippen LogP contribution in [0.5, 0.6) is 0 Å². The molecule has 0 aliphatic heterocycles. The molecule has 0 aliphatic rings. The first-order valence-corrected chi connectivity index (χ1v) is 5.36. The third-order valence-corrected chi connectivity index (χ3v) is 2.10. The molecule has 84 valence electrons. The Balaban J connectivity index is 2.12. The average molecular weight is 208 g/mol. The topological polar surface area (TPSA) is 41.1 Å². The van der Waals surface area contributed by atoms with Gasteiger partial charge < -0.3 is 10.2 Å². The minimum absolute atomic E-state index is 0.727. The van der Waals surface area contributed by atoms with Gasteiger partial charge in [0.2, 0.25) is 5.95 Å². The first-order chi connectivity index (χ1) is 7.18. The van der Waals surface area contributed by atoms with E-state index in [2.05, 4.69) is 34.3 Å². The van der Waals surface area contributed by atoms with Gasteiger partial charge in [-0.05, 0) is 46.0 Å². The van der Waals surface area contributed by atoms with Crippen molar-refractivity contribution in [3.05, 3.63) is 18.0 Å². The maximum absolute atomic E-state index is 4.18. The molecule has 1 aromatic heterocycles. The zero-order valence-electron chi connectivity index (χ0n) is 9.82. The fourth-order valence-electron chi connectivity index (χ4n) is 1.24. The highest BCUT2D eigenvalue weighted by atomic mass is 15.1. The fourth-order valence-corrected chi connectivity index (χ4v) is 1.24. The average Bonchev–Trinajstić information content (AvgIpc) is 2.20. The van der Waals surface area contributed by atoms with Crippen molar-refractivity contribution in [2.45, 2.75) is 19.8 Å². The molecule has 1 heterocycles. The van der Waals surface area contributed by atoms with Crippen molar-refractivity contribution in [1.29, 1.82) is 0 Å². The summed E-state index contributed by atoms with van der Waals surface area (Å²) in [6, 6.07) is 0. The van der Waals surface area contributed by atoms with Gasteiger partial charge in [0, 0.05) is 18.9 Å². The second-order valence-electron chi connectivity index (χ2n) is 4.02. The largest absolute Gasteiger partial charge is 0.354 e. The molecule has 0 aliphatic carbocycles. The minimum Gasteiger partial charge on any atom is -0.354 e. The molecule has 0 atom stereocenters. The number of anilines is 1. The number of unbranched alkanes of at least 4 members (excludes halogenated alkanes) is 1. The lowest BCUT2D eigenvalue weighted by Gasteiger charge is -2.09. The number of hydrogen-bond acceptors (Lipinski definition) is 4. The third kappa shape index (κ3) is 5.32. The van der Waals surface area contributed by atoms with Gasteiger partial charge in [0.05, 0.1) is 0 Å². The smallest absolute Gasteiger partial charge is 0.222 e. The quantitative estimate of drug-likeness (QED) is 0.720. The van der Waals surface area contributed by atoms with Crippen LogP contribution < -0.4 is 5.32 Å². The molecule has 1 aromatic rings. The normalized spacial score (nSPS) is 10.7. The number of nitrogens with zero attached hydrogens (tertiary/aromatic N) is 3. The highest BCUT2D eigenvalue weighted by Gasteiger charge is 1.94. The maximum Gasteiger partial charge on any atom is 0.222 e. The Morgan fingerprint density at radius 2 is 1.87 bits per heavy atom. The highest BCUT2D eigenvalue weighted by Crippen LogP contribution is 1.99. The lowest BCUT2D eigenvalue weighted by molar-refractivity contribution is 0.396. The highest BCUT2D eigenvalue weighted by molar-refractivity contribution is 5.23. The van der Waals surface area contributed by atoms with Crippen LogP contribution in [0.1, 0.15) is 18.4 Å². The molecule has 0 bridgehead atoms. The summed E-state index contributed by atoms with van der Waals surface area (Å²) in [7, 11) is 4.19. The molecular formula is C11H20N4.